The van der Waals surface area contributed by atoms with E-state index in [1.165, 1.54) is 12.1 Å². The van der Waals surface area contributed by atoms with E-state index in [0.717, 1.165) is 33.8 Å². The highest BCUT2D eigenvalue weighted by molar-refractivity contribution is 5.94. The largest absolute Gasteiger partial charge is 0.378 e. The predicted molar refractivity (Wildman–Crippen MR) is 115 cm³/mol. The Morgan fingerprint density at radius 3 is 2.65 bits per heavy atom. The predicted octanol–water partition coefficient (Wildman–Crippen LogP) is 5.73. The van der Waals surface area contributed by atoms with Gasteiger partial charge in [0.15, 0.2) is 0 Å². The molecule has 1 N–H and O–H groups in total. The van der Waals surface area contributed by atoms with Gasteiger partial charge < -0.3 is 10.2 Å². The van der Waals surface area contributed by atoms with Gasteiger partial charge in [-0.15, -0.1) is 0 Å². The van der Waals surface area contributed by atoms with Crippen LogP contribution >= 0.6 is 0 Å². The normalized spacial score (nSPS) is 14.8. The van der Waals surface area contributed by atoms with Gasteiger partial charge in [-0.25, -0.2) is 13.2 Å². The first-order valence-electron chi connectivity index (χ1n) is 10.0. The number of halogens is 3. The van der Waals surface area contributed by atoms with Gasteiger partial charge in [0.2, 0.25) is 5.91 Å². The standard InChI is InChI=1S/C24H22F3N3O/c1-14(18-4-3-5-19(23(18)25)24(26)27)29-22-8-10-28-21-7-6-16(12-20(21)22)17-9-11-30(13-17)15(2)31/h3-10,12,14,24H,11,13H2,1-2H3,(H,28,29)/t14-/m1/s1. The molecule has 0 unspecified atom stereocenters. The molecule has 1 aliphatic heterocycles. The van der Waals surface area contributed by atoms with Crippen molar-refractivity contribution in [3.8, 4) is 0 Å². The second kappa shape index (κ2) is 8.41. The molecule has 1 aliphatic rings. The van der Waals surface area contributed by atoms with Crippen molar-refractivity contribution in [2.45, 2.75) is 26.3 Å². The van der Waals surface area contributed by atoms with Gasteiger partial charge in [0, 0.05) is 42.8 Å². The molecule has 0 fully saturated rings. The summed E-state index contributed by atoms with van der Waals surface area (Å²) in [6.07, 6.45) is 0.806. The van der Waals surface area contributed by atoms with Crippen LogP contribution in [0.3, 0.4) is 0 Å². The third kappa shape index (κ3) is 4.13. The molecule has 1 atom stereocenters. The first-order chi connectivity index (χ1) is 14.8. The fourth-order valence-electron chi connectivity index (χ4n) is 3.86. The monoisotopic (exact) mass is 425 g/mol. The van der Waals surface area contributed by atoms with Crippen molar-refractivity contribution in [3.63, 3.8) is 0 Å². The van der Waals surface area contributed by atoms with Crippen LogP contribution < -0.4 is 5.32 Å². The zero-order valence-electron chi connectivity index (χ0n) is 17.2. The minimum absolute atomic E-state index is 0.0259. The molecule has 1 aromatic heterocycles. The van der Waals surface area contributed by atoms with Crippen LogP contribution in [0.1, 0.15) is 43.0 Å². The molecule has 3 aromatic rings. The van der Waals surface area contributed by atoms with E-state index < -0.39 is 23.8 Å². The highest BCUT2D eigenvalue weighted by atomic mass is 19.3. The minimum Gasteiger partial charge on any atom is -0.378 e. The summed E-state index contributed by atoms with van der Waals surface area (Å²) in [6, 6.07) is 11.1. The van der Waals surface area contributed by atoms with Gasteiger partial charge in [-0.1, -0.05) is 30.3 Å². The van der Waals surface area contributed by atoms with E-state index in [9.17, 15) is 18.0 Å². The van der Waals surface area contributed by atoms with Crippen molar-refractivity contribution in [2.24, 2.45) is 0 Å². The van der Waals surface area contributed by atoms with Crippen molar-refractivity contribution in [2.75, 3.05) is 18.4 Å². The average molecular weight is 425 g/mol. The first-order valence-corrected chi connectivity index (χ1v) is 10.0. The summed E-state index contributed by atoms with van der Waals surface area (Å²) in [7, 11) is 0. The summed E-state index contributed by atoms with van der Waals surface area (Å²) < 4.78 is 40.7. The zero-order valence-corrected chi connectivity index (χ0v) is 17.2. The molecule has 0 saturated heterocycles. The number of carbonyl (C=O) groups excluding carboxylic acids is 1. The molecule has 4 nitrogen and oxygen atoms in total. The SMILES string of the molecule is CC(=O)N1CC=C(c2ccc3nccc(N[C@H](C)c4cccc(C(F)F)c4F)c3c2)C1. The molecule has 0 bridgehead atoms. The van der Waals surface area contributed by atoms with Gasteiger partial charge in [0.1, 0.15) is 5.82 Å². The van der Waals surface area contributed by atoms with Gasteiger partial charge in [-0.3, -0.25) is 9.78 Å². The Kier molecular flexibility index (Phi) is 5.67. The molecule has 1 amide bonds. The van der Waals surface area contributed by atoms with Crippen LogP contribution in [0.15, 0.2) is 54.7 Å². The van der Waals surface area contributed by atoms with Crippen LogP contribution in [-0.2, 0) is 4.79 Å². The molecular weight excluding hydrogens is 403 g/mol. The van der Waals surface area contributed by atoms with Crippen molar-refractivity contribution in [1.82, 2.24) is 9.88 Å². The number of pyridine rings is 1. The van der Waals surface area contributed by atoms with Crippen molar-refractivity contribution >= 4 is 28.1 Å². The molecular formula is C24H22F3N3O. The number of aromatic nitrogens is 1. The van der Waals surface area contributed by atoms with Crippen molar-refractivity contribution < 1.29 is 18.0 Å². The Bertz CT molecular complexity index is 1180. The number of carbonyl (C=O) groups is 1. The Balaban J connectivity index is 1.66. The average Bonchev–Trinajstić information content (AvgIpc) is 3.24. The van der Waals surface area contributed by atoms with E-state index in [1.54, 1.807) is 31.0 Å². The van der Waals surface area contributed by atoms with Crippen molar-refractivity contribution in [3.05, 3.63) is 77.2 Å². The third-order valence-corrected chi connectivity index (χ3v) is 5.61. The number of rotatable bonds is 5. The van der Waals surface area contributed by atoms with E-state index >= 15 is 0 Å². The Labute approximate surface area is 178 Å². The lowest BCUT2D eigenvalue weighted by Gasteiger charge is -2.19. The highest BCUT2D eigenvalue weighted by Crippen LogP contribution is 2.32. The molecule has 2 heterocycles. The lowest BCUT2D eigenvalue weighted by Crippen LogP contribution is -2.25. The van der Waals surface area contributed by atoms with Gasteiger partial charge in [0.25, 0.3) is 6.43 Å². The second-order valence-electron chi connectivity index (χ2n) is 7.64. The van der Waals surface area contributed by atoms with E-state index in [2.05, 4.69) is 10.3 Å². The molecule has 0 radical (unpaired) electrons. The van der Waals surface area contributed by atoms with Gasteiger partial charge in [-0.2, -0.15) is 0 Å². The van der Waals surface area contributed by atoms with Crippen LogP contribution in [0.2, 0.25) is 0 Å². The molecule has 160 valence electrons. The number of hydrogen-bond donors (Lipinski definition) is 1. The number of benzene rings is 2. The van der Waals surface area contributed by atoms with Gasteiger partial charge >= 0.3 is 0 Å². The molecule has 0 aliphatic carbocycles. The molecule has 7 heteroatoms. The number of nitrogens with one attached hydrogen (secondary N) is 1. The summed E-state index contributed by atoms with van der Waals surface area (Å²) in [6.45, 7) is 4.41. The number of hydrogen-bond acceptors (Lipinski definition) is 3. The quantitative estimate of drug-likeness (QED) is 0.568. The summed E-state index contributed by atoms with van der Waals surface area (Å²) >= 11 is 0. The molecule has 0 saturated carbocycles. The fraction of sp³-hybridized carbons (Fsp3) is 0.250. The van der Waals surface area contributed by atoms with Crippen LogP contribution in [0, 0.1) is 5.82 Å². The van der Waals surface area contributed by atoms with E-state index in [1.807, 2.05) is 24.3 Å². The van der Waals surface area contributed by atoms with E-state index in [4.69, 9.17) is 0 Å². The van der Waals surface area contributed by atoms with Crippen LogP contribution in [0.4, 0.5) is 18.9 Å². The van der Waals surface area contributed by atoms with E-state index in [0.29, 0.717) is 13.1 Å². The summed E-state index contributed by atoms with van der Waals surface area (Å²) in [5, 5.41) is 4.08. The first kappa shape index (κ1) is 20.9. The lowest BCUT2D eigenvalue weighted by molar-refractivity contribution is -0.127. The number of anilines is 1. The van der Waals surface area contributed by atoms with Crippen molar-refractivity contribution in [1.29, 1.82) is 0 Å². The van der Waals surface area contributed by atoms with Gasteiger partial charge in [0.05, 0.1) is 17.1 Å². The van der Waals surface area contributed by atoms with Crippen LogP contribution in [-0.4, -0.2) is 28.9 Å². The fourth-order valence-corrected chi connectivity index (χ4v) is 3.86. The maximum Gasteiger partial charge on any atom is 0.266 e. The second-order valence-corrected chi connectivity index (χ2v) is 7.64. The number of alkyl halides is 2. The molecule has 31 heavy (non-hydrogen) atoms. The Hall–Kier alpha value is -3.35. The number of nitrogens with zero attached hydrogens (tertiary/aromatic N) is 2. The summed E-state index contributed by atoms with van der Waals surface area (Å²) in [5.41, 5.74) is 3.08. The Morgan fingerprint density at radius 2 is 1.94 bits per heavy atom. The zero-order chi connectivity index (χ0) is 22.1. The van der Waals surface area contributed by atoms with Crippen LogP contribution in [0.25, 0.3) is 16.5 Å². The minimum atomic E-state index is -2.87. The lowest BCUT2D eigenvalue weighted by atomic mass is 10.0. The van der Waals surface area contributed by atoms with Gasteiger partial charge in [-0.05, 0) is 36.3 Å². The Morgan fingerprint density at radius 1 is 1.16 bits per heavy atom. The topological polar surface area (TPSA) is 45.2 Å². The molecule has 0 spiro atoms. The molecule has 2 aromatic carbocycles. The number of amides is 1. The third-order valence-electron chi connectivity index (χ3n) is 5.61. The summed E-state index contributed by atoms with van der Waals surface area (Å²) in [5.74, 6) is -0.866. The van der Waals surface area contributed by atoms with Crippen LogP contribution in [0.5, 0.6) is 0 Å². The smallest absolute Gasteiger partial charge is 0.266 e. The highest BCUT2D eigenvalue weighted by Gasteiger charge is 2.21. The number of fused-ring (bicyclic) bond motifs is 1. The van der Waals surface area contributed by atoms with E-state index in [-0.39, 0.29) is 11.5 Å². The molecule has 4 rings (SSSR count). The maximum atomic E-state index is 14.6. The summed E-state index contributed by atoms with van der Waals surface area (Å²) in [4.78, 5) is 17.8. The maximum absolute atomic E-state index is 14.6.